The Kier molecular flexibility index (Phi) is 3.44. The predicted octanol–water partition coefficient (Wildman–Crippen LogP) is 4.80. The van der Waals surface area contributed by atoms with Crippen LogP contribution in [0, 0.1) is 0 Å². The Hall–Kier alpha value is -3.12. The molecule has 3 aliphatic heterocycles. The Balaban J connectivity index is 1.56. The first kappa shape index (κ1) is 16.8. The van der Waals surface area contributed by atoms with Gasteiger partial charge in [0.25, 0.3) is 5.91 Å². The number of carbonyl (C=O) groups excluding carboxylic acids is 1. The summed E-state index contributed by atoms with van der Waals surface area (Å²) >= 11 is 3.49. The number of hydrogen-bond acceptors (Lipinski definition) is 4. The van der Waals surface area contributed by atoms with Crippen molar-refractivity contribution in [1.82, 2.24) is 5.01 Å². The zero-order valence-electron chi connectivity index (χ0n) is 15.3. The smallest absolute Gasteiger partial charge is 0.306 e. The van der Waals surface area contributed by atoms with Crippen molar-refractivity contribution >= 4 is 33.2 Å². The summed E-state index contributed by atoms with van der Waals surface area (Å²) < 4.78 is 7.46. The Morgan fingerprint density at radius 3 is 2.66 bits per heavy atom. The number of nitrogens with one attached hydrogen (secondary N) is 1. The molecular weight excluding hydrogens is 430 g/mol. The number of hydrazone groups is 1. The maximum Gasteiger partial charge on any atom is 0.306 e. The van der Waals surface area contributed by atoms with Crippen LogP contribution in [0.2, 0.25) is 0 Å². The van der Waals surface area contributed by atoms with Gasteiger partial charge in [-0.3, -0.25) is 4.79 Å². The van der Waals surface area contributed by atoms with Gasteiger partial charge in [0, 0.05) is 16.5 Å². The van der Waals surface area contributed by atoms with E-state index in [1.807, 2.05) is 71.7 Å². The van der Waals surface area contributed by atoms with Crippen LogP contribution in [0.5, 0.6) is 5.75 Å². The molecule has 0 aliphatic carbocycles. The van der Waals surface area contributed by atoms with Crippen LogP contribution in [-0.2, 0) is 10.5 Å². The second-order valence-corrected chi connectivity index (χ2v) is 8.32. The summed E-state index contributed by atoms with van der Waals surface area (Å²) in [6.07, 6.45) is 0.708. The zero-order chi connectivity index (χ0) is 19.6. The molecule has 3 aliphatic rings. The lowest BCUT2D eigenvalue weighted by molar-refractivity contribution is -0.161. The lowest BCUT2D eigenvalue weighted by atomic mass is 9.92. The highest BCUT2D eigenvalue weighted by molar-refractivity contribution is 9.10. The first-order valence-electron chi connectivity index (χ1n) is 9.48. The number of hydrogen-bond donors (Lipinski definition) is 1. The van der Waals surface area contributed by atoms with Crippen molar-refractivity contribution < 1.29 is 9.53 Å². The van der Waals surface area contributed by atoms with Gasteiger partial charge in [-0.05, 0) is 29.8 Å². The van der Waals surface area contributed by atoms with Crippen molar-refractivity contribution in [3.63, 3.8) is 0 Å². The highest BCUT2D eigenvalue weighted by Gasteiger charge is 2.60. The topological polar surface area (TPSA) is 53.9 Å². The molecule has 0 radical (unpaired) electrons. The number of fused-ring (bicyclic) bond motifs is 6. The van der Waals surface area contributed by atoms with Crippen molar-refractivity contribution in [2.75, 3.05) is 5.32 Å². The van der Waals surface area contributed by atoms with Crippen LogP contribution in [-0.4, -0.2) is 16.6 Å². The molecule has 1 amide bonds. The van der Waals surface area contributed by atoms with Gasteiger partial charge < -0.3 is 10.1 Å². The van der Waals surface area contributed by atoms with Crippen LogP contribution in [0.1, 0.15) is 29.2 Å². The van der Waals surface area contributed by atoms with Crippen molar-refractivity contribution in [2.24, 2.45) is 5.10 Å². The van der Waals surface area contributed by atoms with E-state index in [0.717, 1.165) is 38.3 Å². The molecule has 0 fully saturated rings. The van der Waals surface area contributed by atoms with Crippen LogP contribution in [0.25, 0.3) is 0 Å². The maximum absolute atomic E-state index is 13.3. The number of anilines is 1. The fourth-order valence-electron chi connectivity index (χ4n) is 4.46. The van der Waals surface area contributed by atoms with Gasteiger partial charge in [0.2, 0.25) is 0 Å². The molecule has 0 aromatic heterocycles. The molecule has 3 aromatic carbocycles. The van der Waals surface area contributed by atoms with Crippen LogP contribution in [0.3, 0.4) is 0 Å². The van der Waals surface area contributed by atoms with E-state index in [1.54, 1.807) is 0 Å². The van der Waals surface area contributed by atoms with E-state index >= 15 is 0 Å². The number of carbonyl (C=O) groups is 1. The van der Waals surface area contributed by atoms with Crippen molar-refractivity contribution in [1.29, 1.82) is 0 Å². The minimum absolute atomic E-state index is 0.0736. The highest BCUT2D eigenvalue weighted by Crippen LogP contribution is 2.53. The normalized spacial score (nSPS) is 23.8. The third-order valence-corrected chi connectivity index (χ3v) is 6.32. The molecule has 2 atom stereocenters. The monoisotopic (exact) mass is 445 g/mol. The molecule has 6 heteroatoms. The SMILES string of the molecule is O=C1Nc2ccccc2[C@]12Oc1ccccc1[C@@H]1CC(c3ccc(Br)cc3)=NN12. The van der Waals surface area contributed by atoms with Crippen LogP contribution in [0.15, 0.2) is 82.4 Å². The highest BCUT2D eigenvalue weighted by atomic mass is 79.9. The lowest BCUT2D eigenvalue weighted by Gasteiger charge is -2.43. The van der Waals surface area contributed by atoms with Crippen molar-refractivity contribution in [2.45, 2.75) is 18.2 Å². The van der Waals surface area contributed by atoms with Gasteiger partial charge in [-0.15, -0.1) is 0 Å². The van der Waals surface area contributed by atoms with Gasteiger partial charge in [-0.1, -0.05) is 64.5 Å². The molecule has 0 bridgehead atoms. The van der Waals surface area contributed by atoms with E-state index in [4.69, 9.17) is 9.84 Å². The molecule has 0 saturated heterocycles. The van der Waals surface area contributed by atoms with Crippen molar-refractivity contribution in [3.8, 4) is 5.75 Å². The molecular formula is C23H16BrN3O2. The predicted molar refractivity (Wildman–Crippen MR) is 114 cm³/mol. The lowest BCUT2D eigenvalue weighted by Crippen LogP contribution is -2.55. The average Bonchev–Trinajstić information content (AvgIpc) is 3.30. The Morgan fingerprint density at radius 1 is 1.03 bits per heavy atom. The van der Waals surface area contributed by atoms with E-state index in [1.165, 1.54) is 0 Å². The fraction of sp³-hybridized carbons (Fsp3) is 0.130. The summed E-state index contributed by atoms with van der Waals surface area (Å²) in [5.74, 6) is 0.520. The minimum atomic E-state index is -1.30. The molecule has 5 nitrogen and oxygen atoms in total. The van der Waals surface area contributed by atoms with Crippen LogP contribution in [0.4, 0.5) is 5.69 Å². The summed E-state index contributed by atoms with van der Waals surface area (Å²) in [6, 6.07) is 23.6. The summed E-state index contributed by atoms with van der Waals surface area (Å²) in [6.45, 7) is 0. The number of para-hydroxylation sites is 2. The number of ether oxygens (including phenoxy) is 1. The van der Waals surface area contributed by atoms with Gasteiger partial charge in [-0.2, -0.15) is 5.10 Å². The number of amides is 1. The third kappa shape index (κ3) is 2.26. The molecule has 1 spiro atoms. The Labute approximate surface area is 176 Å². The molecule has 29 heavy (non-hydrogen) atoms. The Morgan fingerprint density at radius 2 is 1.79 bits per heavy atom. The summed E-state index contributed by atoms with van der Waals surface area (Å²) in [7, 11) is 0. The van der Waals surface area contributed by atoms with Gasteiger partial charge in [0.15, 0.2) is 0 Å². The number of halogens is 1. The first-order valence-corrected chi connectivity index (χ1v) is 10.3. The maximum atomic E-state index is 13.3. The summed E-state index contributed by atoms with van der Waals surface area (Å²) in [5, 5.41) is 9.78. The number of nitrogens with zero attached hydrogens (tertiary/aromatic N) is 2. The van der Waals surface area contributed by atoms with Gasteiger partial charge in [0.1, 0.15) is 5.75 Å². The largest absolute Gasteiger partial charge is 0.453 e. The van der Waals surface area contributed by atoms with Crippen LogP contribution >= 0.6 is 15.9 Å². The zero-order valence-corrected chi connectivity index (χ0v) is 16.9. The van der Waals surface area contributed by atoms with E-state index in [9.17, 15) is 4.79 Å². The quantitative estimate of drug-likeness (QED) is 0.585. The van der Waals surface area contributed by atoms with Gasteiger partial charge in [-0.25, -0.2) is 5.01 Å². The third-order valence-electron chi connectivity index (χ3n) is 5.79. The number of benzene rings is 3. The van der Waals surface area contributed by atoms with E-state index in [2.05, 4.69) is 27.3 Å². The summed E-state index contributed by atoms with van der Waals surface area (Å²) in [5.41, 5.74) is 3.30. The molecule has 0 saturated carbocycles. The summed E-state index contributed by atoms with van der Waals surface area (Å²) in [4.78, 5) is 13.3. The van der Waals surface area contributed by atoms with E-state index in [0.29, 0.717) is 6.42 Å². The molecule has 3 aromatic rings. The molecule has 3 heterocycles. The van der Waals surface area contributed by atoms with E-state index in [-0.39, 0.29) is 11.9 Å². The molecule has 0 unspecified atom stereocenters. The molecule has 142 valence electrons. The standard InChI is InChI=1S/C23H16BrN3O2/c24-15-11-9-14(10-12-15)19-13-20-16-5-1-4-8-21(16)29-23(27(20)26-19)17-6-2-3-7-18(17)25-22(23)28/h1-12,20H,13H2,(H,25,28)/t20-,23-/m0/s1. The number of rotatable bonds is 1. The first-order chi connectivity index (χ1) is 14.2. The van der Waals surface area contributed by atoms with Gasteiger partial charge >= 0.3 is 5.72 Å². The van der Waals surface area contributed by atoms with Crippen LogP contribution < -0.4 is 10.1 Å². The second kappa shape index (κ2) is 5.94. The minimum Gasteiger partial charge on any atom is -0.453 e. The van der Waals surface area contributed by atoms with Crippen molar-refractivity contribution in [3.05, 3.63) is 94.0 Å². The second-order valence-electron chi connectivity index (χ2n) is 7.40. The molecule has 6 rings (SSSR count). The average molecular weight is 446 g/mol. The Bertz CT molecular complexity index is 1190. The fourth-order valence-corrected chi connectivity index (χ4v) is 4.72. The van der Waals surface area contributed by atoms with E-state index < -0.39 is 5.72 Å². The molecule has 1 N–H and O–H groups in total. The van der Waals surface area contributed by atoms with Gasteiger partial charge in [0.05, 0.1) is 23.0 Å².